The Morgan fingerprint density at radius 1 is 1.03 bits per heavy atom. The van der Waals surface area contributed by atoms with Gasteiger partial charge in [-0.1, -0.05) is 30.0 Å². The van der Waals surface area contributed by atoms with Crippen molar-refractivity contribution < 1.29 is 19.1 Å². The number of carbonyl (C=O) groups is 2. The summed E-state index contributed by atoms with van der Waals surface area (Å²) in [5.41, 5.74) is 7.95. The van der Waals surface area contributed by atoms with Crippen LogP contribution in [0.5, 0.6) is 5.75 Å². The van der Waals surface area contributed by atoms with Crippen LogP contribution in [0.2, 0.25) is 0 Å². The fourth-order valence-corrected chi connectivity index (χ4v) is 4.95. The molecule has 190 valence electrons. The average molecular weight is 519 g/mol. The van der Waals surface area contributed by atoms with Crippen molar-refractivity contribution in [3.05, 3.63) is 60.3 Å². The lowest BCUT2D eigenvalue weighted by atomic mass is 10.2. The van der Waals surface area contributed by atoms with Gasteiger partial charge < -0.3 is 20.1 Å². The van der Waals surface area contributed by atoms with E-state index in [1.54, 1.807) is 4.90 Å². The van der Waals surface area contributed by atoms with Gasteiger partial charge in [-0.3, -0.25) is 14.2 Å². The van der Waals surface area contributed by atoms with E-state index in [0.717, 1.165) is 11.4 Å². The highest BCUT2D eigenvalue weighted by Crippen LogP contribution is 2.30. The maximum atomic E-state index is 12.8. The predicted octanol–water partition coefficient (Wildman–Crippen LogP) is 2.93. The molecule has 1 aliphatic rings. The van der Waals surface area contributed by atoms with Crippen molar-refractivity contribution in [3.63, 3.8) is 0 Å². The van der Waals surface area contributed by atoms with Crippen LogP contribution in [0.4, 0.5) is 0 Å². The highest BCUT2D eigenvalue weighted by Gasteiger charge is 2.24. The summed E-state index contributed by atoms with van der Waals surface area (Å²) in [4.78, 5) is 41.0. The molecule has 10 nitrogen and oxygen atoms in total. The molecule has 0 unspecified atom stereocenters. The molecular formula is C26H26N6O4S. The Morgan fingerprint density at radius 2 is 1.76 bits per heavy atom. The molecule has 0 radical (unpaired) electrons. The summed E-state index contributed by atoms with van der Waals surface area (Å²) in [5.74, 6) is 0.526. The zero-order valence-corrected chi connectivity index (χ0v) is 21.1. The van der Waals surface area contributed by atoms with Gasteiger partial charge in [0.05, 0.1) is 25.6 Å². The van der Waals surface area contributed by atoms with Gasteiger partial charge in [0.25, 0.3) is 5.91 Å². The molecular weight excluding hydrogens is 492 g/mol. The summed E-state index contributed by atoms with van der Waals surface area (Å²) in [7, 11) is 0. The summed E-state index contributed by atoms with van der Waals surface area (Å²) >= 11 is 1.28. The molecule has 0 bridgehead atoms. The molecule has 4 aromatic rings. The number of carbonyl (C=O) groups excluding carboxylic acids is 2. The van der Waals surface area contributed by atoms with E-state index in [0.29, 0.717) is 55.1 Å². The van der Waals surface area contributed by atoms with Crippen molar-refractivity contribution in [1.82, 2.24) is 24.4 Å². The second-order valence-electron chi connectivity index (χ2n) is 8.24. The van der Waals surface area contributed by atoms with E-state index in [1.807, 2.05) is 66.1 Å². The minimum atomic E-state index is -0.710. The molecule has 0 atom stereocenters. The summed E-state index contributed by atoms with van der Waals surface area (Å²) in [5, 5.41) is 0.517. The zero-order chi connectivity index (χ0) is 25.8. The SMILES string of the molecule is CCOc1ccc(-c2nc(C(N)=O)c3nc(SCC(=O)N4CCOCC4)n(-c4ccccc4)c3n2)cc1. The largest absolute Gasteiger partial charge is 0.494 e. The maximum absolute atomic E-state index is 12.8. The smallest absolute Gasteiger partial charge is 0.269 e. The highest BCUT2D eigenvalue weighted by molar-refractivity contribution is 7.99. The third-order valence-electron chi connectivity index (χ3n) is 5.84. The van der Waals surface area contributed by atoms with Gasteiger partial charge in [0.1, 0.15) is 11.3 Å². The van der Waals surface area contributed by atoms with Gasteiger partial charge in [0.2, 0.25) is 5.91 Å². The number of nitrogens with zero attached hydrogens (tertiary/aromatic N) is 5. The number of amides is 2. The number of para-hydroxylation sites is 1. The number of thioether (sulfide) groups is 1. The molecule has 2 aromatic heterocycles. The number of imidazole rings is 1. The summed E-state index contributed by atoms with van der Waals surface area (Å²) < 4.78 is 12.7. The van der Waals surface area contributed by atoms with Crippen LogP contribution in [0.1, 0.15) is 17.4 Å². The van der Waals surface area contributed by atoms with Crippen molar-refractivity contribution in [2.75, 3.05) is 38.7 Å². The second-order valence-corrected chi connectivity index (χ2v) is 9.18. The fourth-order valence-electron chi connectivity index (χ4n) is 4.04. The molecule has 1 fully saturated rings. The van der Waals surface area contributed by atoms with Crippen molar-refractivity contribution in [2.45, 2.75) is 12.1 Å². The molecule has 1 aliphatic heterocycles. The van der Waals surface area contributed by atoms with Crippen LogP contribution in [-0.2, 0) is 9.53 Å². The van der Waals surface area contributed by atoms with Crippen LogP contribution < -0.4 is 10.5 Å². The standard InChI is InChI=1S/C26H26N6O4S/c1-2-36-19-10-8-17(9-11-19)24-28-21(23(27)34)22-25(30-24)32(18-6-4-3-5-7-18)26(29-22)37-16-20(33)31-12-14-35-15-13-31/h3-11H,2,12-16H2,1H3,(H2,27,34). The van der Waals surface area contributed by atoms with E-state index < -0.39 is 5.91 Å². The molecule has 2 N–H and O–H groups in total. The third-order valence-corrected chi connectivity index (χ3v) is 6.76. The minimum absolute atomic E-state index is 0.00347. The van der Waals surface area contributed by atoms with Gasteiger partial charge in [-0.05, 0) is 43.3 Å². The van der Waals surface area contributed by atoms with Crippen molar-refractivity contribution in [1.29, 1.82) is 0 Å². The van der Waals surface area contributed by atoms with E-state index in [9.17, 15) is 9.59 Å². The number of primary amides is 1. The first-order valence-electron chi connectivity index (χ1n) is 11.9. The molecule has 2 amide bonds. The normalized spacial score (nSPS) is 13.6. The highest BCUT2D eigenvalue weighted by atomic mass is 32.2. The summed E-state index contributed by atoms with van der Waals surface area (Å²) in [6, 6.07) is 16.8. The number of rotatable bonds is 8. The van der Waals surface area contributed by atoms with E-state index in [-0.39, 0.29) is 22.9 Å². The lowest BCUT2D eigenvalue weighted by molar-refractivity contribution is -0.132. The summed E-state index contributed by atoms with van der Waals surface area (Å²) in [6.45, 7) is 4.67. The topological polar surface area (TPSA) is 125 Å². The van der Waals surface area contributed by atoms with E-state index in [2.05, 4.69) is 9.97 Å². The van der Waals surface area contributed by atoms with Gasteiger partial charge in [0.15, 0.2) is 22.3 Å². The molecule has 11 heteroatoms. The lowest BCUT2D eigenvalue weighted by Gasteiger charge is -2.26. The molecule has 0 aliphatic carbocycles. The Bertz CT molecular complexity index is 1420. The number of benzene rings is 2. The van der Waals surface area contributed by atoms with Gasteiger partial charge >= 0.3 is 0 Å². The Hall–Kier alpha value is -3.96. The van der Waals surface area contributed by atoms with Crippen molar-refractivity contribution in [3.8, 4) is 22.8 Å². The third kappa shape index (κ3) is 5.27. The first kappa shape index (κ1) is 24.7. The monoisotopic (exact) mass is 518 g/mol. The molecule has 0 spiro atoms. The van der Waals surface area contributed by atoms with Gasteiger partial charge in [-0.25, -0.2) is 15.0 Å². The van der Waals surface area contributed by atoms with Gasteiger partial charge in [-0.15, -0.1) is 0 Å². The molecule has 1 saturated heterocycles. The van der Waals surface area contributed by atoms with Crippen LogP contribution in [0.3, 0.4) is 0 Å². The Kier molecular flexibility index (Phi) is 7.33. The lowest BCUT2D eigenvalue weighted by Crippen LogP contribution is -2.41. The van der Waals surface area contributed by atoms with E-state index >= 15 is 0 Å². The minimum Gasteiger partial charge on any atom is -0.494 e. The van der Waals surface area contributed by atoms with Crippen LogP contribution >= 0.6 is 11.8 Å². The number of hydrogen-bond donors (Lipinski definition) is 1. The van der Waals surface area contributed by atoms with Gasteiger partial charge in [0, 0.05) is 24.3 Å². The van der Waals surface area contributed by atoms with Crippen LogP contribution in [-0.4, -0.2) is 74.9 Å². The molecule has 37 heavy (non-hydrogen) atoms. The van der Waals surface area contributed by atoms with Crippen molar-refractivity contribution in [2.24, 2.45) is 5.73 Å². The van der Waals surface area contributed by atoms with E-state index in [1.165, 1.54) is 11.8 Å². The van der Waals surface area contributed by atoms with Crippen LogP contribution in [0, 0.1) is 0 Å². The van der Waals surface area contributed by atoms with Crippen LogP contribution in [0.15, 0.2) is 59.8 Å². The van der Waals surface area contributed by atoms with Crippen LogP contribution in [0.25, 0.3) is 28.2 Å². The number of fused-ring (bicyclic) bond motifs is 1. The predicted molar refractivity (Wildman–Crippen MR) is 140 cm³/mol. The van der Waals surface area contributed by atoms with Crippen molar-refractivity contribution >= 4 is 34.7 Å². The Labute approximate surface area is 217 Å². The quantitative estimate of drug-likeness (QED) is 0.353. The molecule has 3 heterocycles. The summed E-state index contributed by atoms with van der Waals surface area (Å²) in [6.07, 6.45) is 0. The molecule has 2 aromatic carbocycles. The maximum Gasteiger partial charge on any atom is 0.269 e. The number of aromatic nitrogens is 4. The Morgan fingerprint density at radius 3 is 2.43 bits per heavy atom. The number of hydrogen-bond acceptors (Lipinski definition) is 8. The second kappa shape index (κ2) is 11.0. The first-order valence-corrected chi connectivity index (χ1v) is 12.9. The number of nitrogens with two attached hydrogens (primary N) is 1. The zero-order valence-electron chi connectivity index (χ0n) is 20.3. The first-order chi connectivity index (χ1) is 18.0. The van der Waals surface area contributed by atoms with E-state index in [4.69, 9.17) is 20.2 Å². The fraction of sp³-hybridized carbons (Fsp3) is 0.269. The Balaban J connectivity index is 1.59. The molecule has 0 saturated carbocycles. The number of ether oxygens (including phenoxy) is 2. The van der Waals surface area contributed by atoms with Gasteiger partial charge in [-0.2, -0.15) is 0 Å². The number of morpholine rings is 1. The average Bonchev–Trinajstić information content (AvgIpc) is 3.31. The molecule has 5 rings (SSSR count).